The summed E-state index contributed by atoms with van der Waals surface area (Å²) in [5.41, 5.74) is 0. The summed E-state index contributed by atoms with van der Waals surface area (Å²) in [6.07, 6.45) is 8.02. The quantitative estimate of drug-likeness (QED) is 0.638. The molecule has 2 amide bonds. The van der Waals surface area contributed by atoms with Gasteiger partial charge in [0.1, 0.15) is 6.04 Å². The van der Waals surface area contributed by atoms with Gasteiger partial charge in [0.15, 0.2) is 0 Å². The van der Waals surface area contributed by atoms with Crippen LogP contribution in [-0.2, 0) is 4.79 Å². The van der Waals surface area contributed by atoms with Crippen molar-refractivity contribution < 1.29 is 14.7 Å². The van der Waals surface area contributed by atoms with E-state index in [1.807, 2.05) is 0 Å². The summed E-state index contributed by atoms with van der Waals surface area (Å²) in [6, 6.07) is -1.32. The highest BCUT2D eigenvalue weighted by atomic mass is 16.4. The van der Waals surface area contributed by atoms with Crippen molar-refractivity contribution in [2.75, 3.05) is 0 Å². The van der Waals surface area contributed by atoms with E-state index in [0.717, 1.165) is 19.3 Å². The molecule has 0 aromatic heterocycles. The lowest BCUT2D eigenvalue weighted by Gasteiger charge is -2.16. The average Bonchev–Trinajstić information content (AvgIpc) is 2.63. The van der Waals surface area contributed by atoms with Gasteiger partial charge in [-0.2, -0.15) is 0 Å². The van der Waals surface area contributed by atoms with Crippen molar-refractivity contribution in [3.63, 3.8) is 0 Å². The van der Waals surface area contributed by atoms with Crippen LogP contribution in [-0.4, -0.2) is 29.2 Å². The molecular formula is C12H18N2O3. The van der Waals surface area contributed by atoms with E-state index in [2.05, 4.69) is 23.5 Å². The minimum absolute atomic E-state index is 0.0101. The molecule has 0 heterocycles. The van der Waals surface area contributed by atoms with Crippen molar-refractivity contribution in [2.45, 2.75) is 44.7 Å². The van der Waals surface area contributed by atoms with E-state index in [0.29, 0.717) is 5.92 Å². The van der Waals surface area contributed by atoms with Gasteiger partial charge >= 0.3 is 12.0 Å². The van der Waals surface area contributed by atoms with Crippen LogP contribution >= 0.6 is 0 Å². The predicted octanol–water partition coefficient (Wildman–Crippen LogP) is 0.951. The molecule has 17 heavy (non-hydrogen) atoms. The van der Waals surface area contributed by atoms with Crippen molar-refractivity contribution in [3.8, 4) is 12.3 Å². The number of hydrogen-bond donors (Lipinski definition) is 3. The first-order chi connectivity index (χ1) is 8.02. The van der Waals surface area contributed by atoms with Crippen LogP contribution < -0.4 is 10.6 Å². The summed E-state index contributed by atoms with van der Waals surface area (Å²) < 4.78 is 0. The Morgan fingerprint density at radius 2 is 2.24 bits per heavy atom. The van der Waals surface area contributed by atoms with Crippen LogP contribution in [0.1, 0.15) is 32.6 Å². The summed E-state index contributed by atoms with van der Waals surface area (Å²) >= 11 is 0. The Labute approximate surface area is 101 Å². The Hall–Kier alpha value is -1.70. The largest absolute Gasteiger partial charge is 0.480 e. The normalized spacial score (nSPS) is 24.7. The summed E-state index contributed by atoms with van der Waals surface area (Å²) in [4.78, 5) is 22.3. The van der Waals surface area contributed by atoms with Gasteiger partial charge in [-0.25, -0.2) is 9.59 Å². The van der Waals surface area contributed by atoms with Crippen LogP contribution in [0.3, 0.4) is 0 Å². The fraction of sp³-hybridized carbons (Fsp3) is 0.667. The molecule has 0 aliphatic heterocycles. The molecule has 0 bridgehead atoms. The van der Waals surface area contributed by atoms with Crippen molar-refractivity contribution in [2.24, 2.45) is 5.92 Å². The van der Waals surface area contributed by atoms with Crippen LogP contribution in [0.25, 0.3) is 0 Å². The molecule has 3 atom stereocenters. The standard InChI is InChI=1S/C12H18N2O3/c1-3-4-10(11(15)16)14-12(17)13-9-6-5-8(2)7-9/h1,8-10H,4-7H2,2H3,(H,15,16)(H2,13,14,17). The van der Waals surface area contributed by atoms with Gasteiger partial charge in [0, 0.05) is 12.5 Å². The topological polar surface area (TPSA) is 78.4 Å². The van der Waals surface area contributed by atoms with E-state index in [9.17, 15) is 9.59 Å². The molecule has 0 saturated heterocycles. The second-order valence-electron chi connectivity index (χ2n) is 4.53. The number of carboxylic acid groups (broad SMARTS) is 1. The lowest BCUT2D eigenvalue weighted by molar-refractivity contribution is -0.139. The molecule has 1 saturated carbocycles. The Morgan fingerprint density at radius 3 is 2.71 bits per heavy atom. The molecule has 5 heteroatoms. The smallest absolute Gasteiger partial charge is 0.327 e. The molecule has 0 radical (unpaired) electrons. The fourth-order valence-corrected chi connectivity index (χ4v) is 2.04. The van der Waals surface area contributed by atoms with Gasteiger partial charge in [-0.1, -0.05) is 6.92 Å². The van der Waals surface area contributed by atoms with Crippen molar-refractivity contribution in [3.05, 3.63) is 0 Å². The molecule has 0 spiro atoms. The number of rotatable bonds is 4. The molecule has 3 N–H and O–H groups in total. The molecule has 1 fully saturated rings. The van der Waals surface area contributed by atoms with Gasteiger partial charge in [0.05, 0.1) is 0 Å². The predicted molar refractivity (Wildman–Crippen MR) is 63.3 cm³/mol. The van der Waals surface area contributed by atoms with E-state index in [4.69, 9.17) is 11.5 Å². The van der Waals surface area contributed by atoms with Gasteiger partial charge in [0.25, 0.3) is 0 Å². The molecule has 5 nitrogen and oxygen atoms in total. The molecule has 0 aromatic carbocycles. The Bertz CT molecular complexity index is 335. The maximum absolute atomic E-state index is 11.5. The highest BCUT2D eigenvalue weighted by Gasteiger charge is 2.24. The van der Waals surface area contributed by atoms with Crippen molar-refractivity contribution in [1.29, 1.82) is 0 Å². The molecule has 3 unspecified atom stereocenters. The summed E-state index contributed by atoms with van der Waals surface area (Å²) in [5, 5.41) is 14.0. The molecule has 1 aliphatic rings. The lowest BCUT2D eigenvalue weighted by atomic mass is 10.1. The molecule has 1 aliphatic carbocycles. The summed E-state index contributed by atoms with van der Waals surface area (Å²) in [5.74, 6) is 1.73. The van der Waals surface area contributed by atoms with Crippen LogP contribution in [0.5, 0.6) is 0 Å². The number of carboxylic acids is 1. The minimum Gasteiger partial charge on any atom is -0.480 e. The number of carbonyl (C=O) groups is 2. The second kappa shape index (κ2) is 6.14. The molecule has 94 valence electrons. The van der Waals surface area contributed by atoms with Crippen LogP contribution in [0.4, 0.5) is 4.79 Å². The van der Waals surface area contributed by atoms with Crippen LogP contribution in [0, 0.1) is 18.3 Å². The van der Waals surface area contributed by atoms with Gasteiger partial charge in [-0.3, -0.25) is 0 Å². The maximum Gasteiger partial charge on any atom is 0.327 e. The Balaban J connectivity index is 2.37. The number of terminal acetylenes is 1. The number of nitrogens with one attached hydrogen (secondary N) is 2. The van der Waals surface area contributed by atoms with Crippen molar-refractivity contribution in [1.82, 2.24) is 10.6 Å². The number of aliphatic carboxylic acids is 1. The first-order valence-electron chi connectivity index (χ1n) is 5.76. The zero-order valence-electron chi connectivity index (χ0n) is 9.90. The summed E-state index contributed by atoms with van der Waals surface area (Å²) in [7, 11) is 0. The third-order valence-electron chi connectivity index (χ3n) is 2.96. The zero-order chi connectivity index (χ0) is 12.8. The number of carbonyl (C=O) groups excluding carboxylic acids is 1. The average molecular weight is 238 g/mol. The van der Waals surface area contributed by atoms with E-state index in [1.54, 1.807) is 0 Å². The van der Waals surface area contributed by atoms with E-state index in [1.165, 1.54) is 0 Å². The van der Waals surface area contributed by atoms with Gasteiger partial charge in [0.2, 0.25) is 0 Å². The number of amides is 2. The molecule has 1 rings (SSSR count). The number of urea groups is 1. The Kier molecular flexibility index (Phi) is 4.83. The third kappa shape index (κ3) is 4.35. The van der Waals surface area contributed by atoms with Crippen LogP contribution in [0.2, 0.25) is 0 Å². The van der Waals surface area contributed by atoms with E-state index < -0.39 is 18.0 Å². The minimum atomic E-state index is -1.11. The maximum atomic E-state index is 11.5. The Morgan fingerprint density at radius 1 is 1.53 bits per heavy atom. The highest BCUT2D eigenvalue weighted by molar-refractivity contribution is 5.82. The highest BCUT2D eigenvalue weighted by Crippen LogP contribution is 2.24. The SMILES string of the molecule is C#CCC(NC(=O)NC1CCC(C)C1)C(=O)O. The first kappa shape index (κ1) is 13.4. The summed E-state index contributed by atoms with van der Waals surface area (Å²) in [6.45, 7) is 2.14. The monoisotopic (exact) mass is 238 g/mol. The van der Waals surface area contributed by atoms with Gasteiger partial charge in [-0.05, 0) is 25.2 Å². The van der Waals surface area contributed by atoms with Gasteiger partial charge < -0.3 is 15.7 Å². The van der Waals surface area contributed by atoms with E-state index >= 15 is 0 Å². The zero-order valence-corrected chi connectivity index (χ0v) is 9.90. The number of hydrogen-bond acceptors (Lipinski definition) is 2. The first-order valence-corrected chi connectivity index (χ1v) is 5.76. The van der Waals surface area contributed by atoms with Crippen molar-refractivity contribution >= 4 is 12.0 Å². The molecular weight excluding hydrogens is 220 g/mol. The fourth-order valence-electron chi connectivity index (χ4n) is 2.04. The molecule has 0 aromatic rings. The lowest BCUT2D eigenvalue weighted by Crippen LogP contribution is -2.48. The van der Waals surface area contributed by atoms with E-state index in [-0.39, 0.29) is 12.5 Å². The second-order valence-corrected chi connectivity index (χ2v) is 4.53. The third-order valence-corrected chi connectivity index (χ3v) is 2.96. The van der Waals surface area contributed by atoms with Gasteiger partial charge in [-0.15, -0.1) is 12.3 Å². The van der Waals surface area contributed by atoms with Crippen LogP contribution in [0.15, 0.2) is 0 Å².